The average molecular weight is 228 g/mol. The summed E-state index contributed by atoms with van der Waals surface area (Å²) in [6, 6.07) is 0. The third-order valence-corrected chi connectivity index (χ3v) is 2.97. The van der Waals surface area contributed by atoms with Crippen LogP contribution in [0.3, 0.4) is 0 Å². The predicted molar refractivity (Wildman–Crippen MR) is 63.3 cm³/mol. The van der Waals surface area contributed by atoms with Crippen LogP contribution in [0.25, 0.3) is 0 Å². The minimum absolute atomic E-state index is 0.129. The van der Waals surface area contributed by atoms with Gasteiger partial charge in [-0.2, -0.15) is 0 Å². The van der Waals surface area contributed by atoms with E-state index in [4.69, 9.17) is 9.47 Å². The van der Waals surface area contributed by atoms with Gasteiger partial charge in [0.25, 0.3) is 0 Å². The Kier molecular flexibility index (Phi) is 5.99. The average Bonchev–Trinajstić information content (AvgIpc) is 2.75. The molecule has 0 amide bonds. The largest absolute Gasteiger partial charge is 0.344 e. The number of rotatable bonds is 8. The molecule has 1 unspecified atom stereocenters. The Hall–Kier alpha value is -0.410. The van der Waals surface area contributed by atoms with Gasteiger partial charge < -0.3 is 9.47 Å². The first kappa shape index (κ1) is 13.7. The molecule has 3 nitrogen and oxygen atoms in total. The maximum Gasteiger partial charge on any atom is 0.228 e. The molecular weight excluding hydrogens is 204 g/mol. The Balaban J connectivity index is 2.42. The van der Waals surface area contributed by atoms with Gasteiger partial charge >= 0.3 is 0 Å². The van der Waals surface area contributed by atoms with Crippen molar-refractivity contribution in [3.63, 3.8) is 0 Å². The van der Waals surface area contributed by atoms with E-state index in [-0.39, 0.29) is 5.78 Å². The monoisotopic (exact) mass is 228 g/mol. The molecule has 94 valence electrons. The van der Waals surface area contributed by atoms with E-state index in [1.54, 1.807) is 0 Å². The van der Waals surface area contributed by atoms with Crippen LogP contribution in [0, 0.1) is 0 Å². The minimum atomic E-state index is -0.885. The van der Waals surface area contributed by atoms with E-state index in [1.807, 2.05) is 6.92 Å². The molecule has 0 radical (unpaired) electrons. The van der Waals surface area contributed by atoms with Gasteiger partial charge in [-0.3, -0.25) is 4.79 Å². The zero-order valence-corrected chi connectivity index (χ0v) is 10.6. The molecule has 1 aliphatic heterocycles. The summed E-state index contributed by atoms with van der Waals surface area (Å²) in [7, 11) is 0. The van der Waals surface area contributed by atoms with Gasteiger partial charge in [-0.25, -0.2) is 0 Å². The molecule has 1 saturated heterocycles. The lowest BCUT2D eigenvalue weighted by atomic mass is 10.0. The number of hydrogen-bond acceptors (Lipinski definition) is 3. The molecule has 1 aliphatic rings. The fourth-order valence-electron chi connectivity index (χ4n) is 2.03. The van der Waals surface area contributed by atoms with Crippen molar-refractivity contribution in [2.24, 2.45) is 0 Å². The number of Topliss-reactive ketones (excluding diaryl/α,β-unsaturated/α-hetero) is 1. The fourth-order valence-corrected chi connectivity index (χ4v) is 2.03. The molecule has 1 rings (SSSR count). The zero-order valence-electron chi connectivity index (χ0n) is 10.6. The quantitative estimate of drug-likeness (QED) is 0.599. The lowest BCUT2D eigenvalue weighted by Gasteiger charge is -2.26. The Bertz CT molecular complexity index is 207. The van der Waals surface area contributed by atoms with Crippen LogP contribution in [0.4, 0.5) is 0 Å². The highest BCUT2D eigenvalue weighted by atomic mass is 16.7. The summed E-state index contributed by atoms with van der Waals surface area (Å²) in [4.78, 5) is 12.0. The third kappa shape index (κ3) is 3.56. The second-order valence-corrected chi connectivity index (χ2v) is 4.43. The van der Waals surface area contributed by atoms with E-state index >= 15 is 0 Å². The molecule has 1 heterocycles. The summed E-state index contributed by atoms with van der Waals surface area (Å²) in [5.41, 5.74) is 0. The van der Waals surface area contributed by atoms with E-state index < -0.39 is 5.79 Å². The molecule has 0 aliphatic carbocycles. The van der Waals surface area contributed by atoms with Crippen LogP contribution in [-0.2, 0) is 14.3 Å². The Morgan fingerprint density at radius 2 is 2.12 bits per heavy atom. The van der Waals surface area contributed by atoms with Gasteiger partial charge in [0.2, 0.25) is 5.79 Å². The number of ketones is 1. The first-order valence-electron chi connectivity index (χ1n) is 6.56. The summed E-state index contributed by atoms with van der Waals surface area (Å²) in [6.45, 7) is 5.47. The maximum absolute atomic E-state index is 12.0. The van der Waals surface area contributed by atoms with Crippen molar-refractivity contribution in [2.75, 3.05) is 13.2 Å². The van der Waals surface area contributed by atoms with Gasteiger partial charge in [-0.15, -0.1) is 0 Å². The van der Waals surface area contributed by atoms with Gasteiger partial charge in [0.05, 0.1) is 13.2 Å². The summed E-state index contributed by atoms with van der Waals surface area (Å²) < 4.78 is 11.3. The molecule has 16 heavy (non-hydrogen) atoms. The van der Waals surface area contributed by atoms with E-state index in [1.165, 1.54) is 6.42 Å². The van der Waals surface area contributed by atoms with E-state index in [9.17, 15) is 4.79 Å². The van der Waals surface area contributed by atoms with Crippen molar-refractivity contribution in [2.45, 2.75) is 64.6 Å². The third-order valence-electron chi connectivity index (χ3n) is 2.97. The highest BCUT2D eigenvalue weighted by molar-refractivity contribution is 5.86. The summed E-state index contributed by atoms with van der Waals surface area (Å²) in [5.74, 6) is -0.756. The van der Waals surface area contributed by atoms with E-state index in [0.717, 1.165) is 32.1 Å². The highest BCUT2D eigenvalue weighted by Crippen LogP contribution is 2.30. The second-order valence-electron chi connectivity index (χ2n) is 4.43. The van der Waals surface area contributed by atoms with Gasteiger partial charge in [0.15, 0.2) is 5.78 Å². The molecule has 0 aromatic carbocycles. The molecule has 0 saturated carbocycles. The van der Waals surface area contributed by atoms with Crippen LogP contribution in [-0.4, -0.2) is 24.8 Å². The zero-order chi connectivity index (χ0) is 11.9. The molecule has 3 heteroatoms. The van der Waals surface area contributed by atoms with Crippen LogP contribution in [0.5, 0.6) is 0 Å². The normalized spacial score (nSPS) is 24.9. The van der Waals surface area contributed by atoms with Crippen molar-refractivity contribution in [1.29, 1.82) is 0 Å². The van der Waals surface area contributed by atoms with Crippen LogP contribution < -0.4 is 0 Å². The Morgan fingerprint density at radius 3 is 2.69 bits per heavy atom. The summed E-state index contributed by atoms with van der Waals surface area (Å²) >= 11 is 0. The lowest BCUT2D eigenvalue weighted by molar-refractivity contribution is -0.210. The van der Waals surface area contributed by atoms with Gasteiger partial charge in [0.1, 0.15) is 0 Å². The maximum atomic E-state index is 12.0. The van der Waals surface area contributed by atoms with Crippen molar-refractivity contribution < 1.29 is 14.3 Å². The minimum Gasteiger partial charge on any atom is -0.344 e. The first-order valence-corrected chi connectivity index (χ1v) is 6.56. The molecule has 0 bridgehead atoms. The topological polar surface area (TPSA) is 35.5 Å². The summed E-state index contributed by atoms with van der Waals surface area (Å²) in [5, 5.41) is 0. The van der Waals surface area contributed by atoms with Crippen molar-refractivity contribution in [3.8, 4) is 0 Å². The van der Waals surface area contributed by atoms with Crippen LogP contribution in [0.1, 0.15) is 58.8 Å². The number of carbonyl (C=O) groups is 1. The molecule has 0 spiro atoms. The first-order chi connectivity index (χ1) is 7.75. The number of ether oxygens (including phenoxy) is 2. The summed E-state index contributed by atoms with van der Waals surface area (Å²) in [6.07, 6.45) is 6.43. The van der Waals surface area contributed by atoms with E-state index in [0.29, 0.717) is 19.6 Å². The SMILES string of the molecule is CCCCCOC1(C(=O)CCC)CCCO1. The van der Waals surface area contributed by atoms with Crippen LogP contribution >= 0.6 is 0 Å². The standard InChI is InChI=1S/C13H24O3/c1-3-5-6-10-15-13(9-7-11-16-13)12(14)8-4-2/h3-11H2,1-2H3. The van der Waals surface area contributed by atoms with Crippen LogP contribution in [0.2, 0.25) is 0 Å². The predicted octanol–water partition coefficient (Wildman–Crippen LogP) is 3.07. The molecule has 0 N–H and O–H groups in total. The Labute approximate surface area is 98.5 Å². The molecule has 0 aromatic rings. The van der Waals surface area contributed by atoms with Crippen molar-refractivity contribution in [3.05, 3.63) is 0 Å². The number of carbonyl (C=O) groups excluding carboxylic acids is 1. The smallest absolute Gasteiger partial charge is 0.228 e. The van der Waals surface area contributed by atoms with E-state index in [2.05, 4.69) is 6.92 Å². The molecular formula is C13H24O3. The molecule has 1 atom stereocenters. The molecule has 0 aromatic heterocycles. The number of hydrogen-bond donors (Lipinski definition) is 0. The fraction of sp³-hybridized carbons (Fsp3) is 0.923. The van der Waals surface area contributed by atoms with Crippen molar-refractivity contribution >= 4 is 5.78 Å². The highest BCUT2D eigenvalue weighted by Gasteiger charge is 2.42. The lowest BCUT2D eigenvalue weighted by Crippen LogP contribution is -2.41. The molecule has 1 fully saturated rings. The van der Waals surface area contributed by atoms with Gasteiger partial charge in [-0.1, -0.05) is 26.7 Å². The number of unbranched alkanes of at least 4 members (excludes halogenated alkanes) is 2. The van der Waals surface area contributed by atoms with Crippen molar-refractivity contribution in [1.82, 2.24) is 0 Å². The van der Waals surface area contributed by atoms with Gasteiger partial charge in [0, 0.05) is 12.8 Å². The second kappa shape index (κ2) is 7.02. The van der Waals surface area contributed by atoms with Crippen LogP contribution in [0.15, 0.2) is 0 Å². The van der Waals surface area contributed by atoms with Gasteiger partial charge in [-0.05, 0) is 19.3 Å². The Morgan fingerprint density at radius 1 is 1.31 bits per heavy atom.